The largest absolute Gasteiger partial charge is 0.350 e. The number of amides is 1. The van der Waals surface area contributed by atoms with Crippen molar-refractivity contribution in [2.75, 3.05) is 0 Å². The Balaban J connectivity index is 2.55. The van der Waals surface area contributed by atoms with Gasteiger partial charge in [0.25, 0.3) is 5.91 Å². The van der Waals surface area contributed by atoms with Crippen LogP contribution in [0.4, 0.5) is 0 Å². The summed E-state index contributed by atoms with van der Waals surface area (Å²) in [6, 6.07) is 7.89. The number of carbonyl (C=O) groups is 1. The van der Waals surface area contributed by atoms with Crippen LogP contribution >= 0.6 is 0 Å². The molecule has 1 atom stereocenters. The number of nitrogens with one attached hydrogen (secondary N) is 1. The molecule has 88 valence electrons. The summed E-state index contributed by atoms with van der Waals surface area (Å²) in [6.07, 6.45) is 1.01. The van der Waals surface area contributed by atoms with E-state index in [0.717, 1.165) is 12.0 Å². The molecule has 2 nitrogen and oxygen atoms in total. The van der Waals surface area contributed by atoms with Gasteiger partial charge in [-0.05, 0) is 38.3 Å². The predicted octanol–water partition coefficient (Wildman–Crippen LogP) is 3.16. The minimum absolute atomic E-state index is 0.0214. The Hall–Kier alpha value is -1.31. The summed E-state index contributed by atoms with van der Waals surface area (Å²) in [7, 11) is 0. The topological polar surface area (TPSA) is 29.1 Å². The quantitative estimate of drug-likeness (QED) is 0.828. The maximum absolute atomic E-state index is 11.8. The molecule has 0 heterocycles. The molecule has 0 bridgehead atoms. The maximum Gasteiger partial charge on any atom is 0.251 e. The Bertz CT molecular complexity index is 340. The van der Waals surface area contributed by atoms with E-state index >= 15 is 0 Å². The van der Waals surface area contributed by atoms with Gasteiger partial charge >= 0.3 is 0 Å². The molecule has 0 saturated heterocycles. The van der Waals surface area contributed by atoms with Crippen LogP contribution in [-0.2, 0) is 0 Å². The van der Waals surface area contributed by atoms with Gasteiger partial charge in [-0.2, -0.15) is 0 Å². The lowest BCUT2D eigenvalue weighted by Gasteiger charge is -2.15. The third-order valence-electron chi connectivity index (χ3n) is 2.52. The molecule has 1 amide bonds. The van der Waals surface area contributed by atoms with Crippen LogP contribution in [-0.4, -0.2) is 11.9 Å². The smallest absolute Gasteiger partial charge is 0.251 e. The van der Waals surface area contributed by atoms with Gasteiger partial charge in [-0.1, -0.05) is 31.5 Å². The van der Waals surface area contributed by atoms with Gasteiger partial charge in [-0.15, -0.1) is 0 Å². The van der Waals surface area contributed by atoms with Crippen LogP contribution in [0.25, 0.3) is 0 Å². The van der Waals surface area contributed by atoms with Gasteiger partial charge in [0.1, 0.15) is 0 Å². The summed E-state index contributed by atoms with van der Waals surface area (Å²) >= 11 is 0. The number of hydrogen-bond donors (Lipinski definition) is 1. The Morgan fingerprint density at radius 3 is 2.25 bits per heavy atom. The lowest BCUT2D eigenvalue weighted by Crippen LogP contribution is -2.33. The average Bonchev–Trinajstić information content (AvgIpc) is 2.16. The summed E-state index contributed by atoms with van der Waals surface area (Å²) in [6.45, 7) is 8.39. The lowest BCUT2D eigenvalue weighted by molar-refractivity contribution is 0.0936. The monoisotopic (exact) mass is 219 g/mol. The Morgan fingerprint density at radius 2 is 1.75 bits per heavy atom. The van der Waals surface area contributed by atoms with Crippen LogP contribution in [0.15, 0.2) is 24.3 Å². The fraction of sp³-hybridized carbons (Fsp3) is 0.500. The van der Waals surface area contributed by atoms with E-state index in [4.69, 9.17) is 0 Å². The molecule has 2 heteroatoms. The van der Waals surface area contributed by atoms with E-state index in [0.29, 0.717) is 5.92 Å². The highest BCUT2D eigenvalue weighted by atomic mass is 16.1. The van der Waals surface area contributed by atoms with Gasteiger partial charge in [0, 0.05) is 11.6 Å². The predicted molar refractivity (Wildman–Crippen MR) is 67.6 cm³/mol. The van der Waals surface area contributed by atoms with Crippen molar-refractivity contribution in [3.8, 4) is 0 Å². The standard InChI is InChI=1S/C14H21NO/c1-10(2)9-12(4)15-14(16)13-7-5-11(3)6-8-13/h5-8,10,12H,9H2,1-4H3,(H,15,16). The Morgan fingerprint density at radius 1 is 1.19 bits per heavy atom. The Kier molecular flexibility index (Phi) is 4.53. The number of hydrogen-bond acceptors (Lipinski definition) is 1. The van der Waals surface area contributed by atoms with E-state index < -0.39 is 0 Å². The molecule has 1 aromatic rings. The van der Waals surface area contributed by atoms with Crippen molar-refractivity contribution < 1.29 is 4.79 Å². The number of benzene rings is 1. The fourth-order valence-corrected chi connectivity index (χ4v) is 1.78. The molecular weight excluding hydrogens is 198 g/mol. The van der Waals surface area contributed by atoms with Gasteiger partial charge in [0.05, 0.1) is 0 Å². The molecule has 1 rings (SSSR count). The van der Waals surface area contributed by atoms with Crippen LogP contribution in [0.3, 0.4) is 0 Å². The molecule has 1 unspecified atom stereocenters. The SMILES string of the molecule is Cc1ccc(C(=O)NC(C)CC(C)C)cc1. The van der Waals surface area contributed by atoms with Crippen molar-refractivity contribution in [2.45, 2.75) is 40.2 Å². The third-order valence-corrected chi connectivity index (χ3v) is 2.52. The lowest BCUT2D eigenvalue weighted by atomic mass is 10.0. The highest BCUT2D eigenvalue weighted by Gasteiger charge is 2.10. The summed E-state index contributed by atoms with van der Waals surface area (Å²) in [5.41, 5.74) is 1.91. The number of rotatable bonds is 4. The molecule has 1 N–H and O–H groups in total. The molecule has 0 spiro atoms. The Labute approximate surface area is 98.1 Å². The molecular formula is C14H21NO. The van der Waals surface area contributed by atoms with Crippen LogP contribution < -0.4 is 5.32 Å². The highest BCUT2D eigenvalue weighted by molar-refractivity contribution is 5.94. The summed E-state index contributed by atoms with van der Waals surface area (Å²) in [5.74, 6) is 0.626. The first-order valence-corrected chi connectivity index (χ1v) is 5.86. The van der Waals surface area contributed by atoms with Gasteiger partial charge in [0.15, 0.2) is 0 Å². The van der Waals surface area contributed by atoms with Gasteiger partial charge in [-0.25, -0.2) is 0 Å². The highest BCUT2D eigenvalue weighted by Crippen LogP contribution is 2.07. The van der Waals surface area contributed by atoms with Crippen molar-refractivity contribution >= 4 is 5.91 Å². The zero-order chi connectivity index (χ0) is 12.1. The van der Waals surface area contributed by atoms with Crippen LogP contribution in [0.1, 0.15) is 43.1 Å². The normalized spacial score (nSPS) is 12.6. The van der Waals surface area contributed by atoms with E-state index in [-0.39, 0.29) is 11.9 Å². The van der Waals surface area contributed by atoms with E-state index in [1.165, 1.54) is 5.56 Å². The molecule has 0 saturated carbocycles. The van der Waals surface area contributed by atoms with Crippen LogP contribution in [0, 0.1) is 12.8 Å². The van der Waals surface area contributed by atoms with Crippen molar-refractivity contribution in [3.63, 3.8) is 0 Å². The van der Waals surface area contributed by atoms with Crippen molar-refractivity contribution in [3.05, 3.63) is 35.4 Å². The minimum atomic E-state index is 0.0214. The molecule has 0 aliphatic heterocycles. The molecule has 16 heavy (non-hydrogen) atoms. The first-order chi connectivity index (χ1) is 7.49. The third kappa shape index (κ3) is 4.05. The van der Waals surface area contributed by atoms with E-state index in [1.54, 1.807) is 0 Å². The zero-order valence-electron chi connectivity index (χ0n) is 10.6. The summed E-state index contributed by atoms with van der Waals surface area (Å²) in [5, 5.41) is 3.01. The van der Waals surface area contributed by atoms with E-state index in [9.17, 15) is 4.79 Å². The fourth-order valence-electron chi connectivity index (χ4n) is 1.78. The average molecular weight is 219 g/mol. The van der Waals surface area contributed by atoms with Crippen molar-refractivity contribution in [2.24, 2.45) is 5.92 Å². The van der Waals surface area contributed by atoms with Gasteiger partial charge in [0.2, 0.25) is 0 Å². The zero-order valence-corrected chi connectivity index (χ0v) is 10.6. The molecule has 0 fully saturated rings. The van der Waals surface area contributed by atoms with Crippen LogP contribution in [0.5, 0.6) is 0 Å². The van der Waals surface area contributed by atoms with Gasteiger partial charge < -0.3 is 5.32 Å². The van der Waals surface area contributed by atoms with Crippen molar-refractivity contribution in [1.29, 1.82) is 0 Å². The summed E-state index contributed by atoms with van der Waals surface area (Å²) in [4.78, 5) is 11.8. The molecule has 0 aliphatic rings. The second-order valence-corrected chi connectivity index (χ2v) is 4.87. The van der Waals surface area contributed by atoms with Crippen LogP contribution in [0.2, 0.25) is 0 Å². The van der Waals surface area contributed by atoms with Crippen molar-refractivity contribution in [1.82, 2.24) is 5.32 Å². The molecule has 0 aromatic heterocycles. The number of aryl methyl sites for hydroxylation is 1. The number of carbonyl (C=O) groups excluding carboxylic acids is 1. The second-order valence-electron chi connectivity index (χ2n) is 4.87. The minimum Gasteiger partial charge on any atom is -0.350 e. The maximum atomic E-state index is 11.8. The van der Waals surface area contributed by atoms with E-state index in [2.05, 4.69) is 19.2 Å². The molecule has 0 radical (unpaired) electrons. The first-order valence-electron chi connectivity index (χ1n) is 5.86. The van der Waals surface area contributed by atoms with Gasteiger partial charge in [-0.3, -0.25) is 4.79 Å². The molecule has 0 aliphatic carbocycles. The first kappa shape index (κ1) is 12.8. The summed E-state index contributed by atoms with van der Waals surface area (Å²) < 4.78 is 0. The van der Waals surface area contributed by atoms with E-state index in [1.807, 2.05) is 38.1 Å². The second kappa shape index (κ2) is 5.69. The molecule has 1 aromatic carbocycles.